The van der Waals surface area contributed by atoms with Crippen LogP contribution in [0.15, 0.2) is 61.2 Å². The molecule has 36 heavy (non-hydrogen) atoms. The maximum absolute atomic E-state index is 12.9. The van der Waals surface area contributed by atoms with Crippen LogP contribution >= 0.6 is 0 Å². The Labute approximate surface area is 211 Å². The molecule has 0 bridgehead atoms. The van der Waals surface area contributed by atoms with Crippen molar-refractivity contribution in [3.63, 3.8) is 0 Å². The number of tetrazole rings is 1. The van der Waals surface area contributed by atoms with Crippen molar-refractivity contribution < 1.29 is 14.7 Å². The molecule has 1 atom stereocenters. The summed E-state index contributed by atoms with van der Waals surface area (Å²) in [6.45, 7) is 9.05. The van der Waals surface area contributed by atoms with Gasteiger partial charge in [0.05, 0.1) is 6.07 Å². The molecule has 0 aliphatic rings. The van der Waals surface area contributed by atoms with E-state index in [0.717, 1.165) is 35.1 Å². The van der Waals surface area contributed by atoms with Crippen molar-refractivity contribution >= 4 is 11.9 Å². The number of carbonyl (C=O) groups excluding carboxylic acids is 1. The predicted octanol–water partition coefficient (Wildman–Crippen LogP) is 4.86. The Morgan fingerprint density at radius 3 is 2.31 bits per heavy atom. The van der Waals surface area contributed by atoms with Crippen molar-refractivity contribution in [2.75, 3.05) is 0 Å². The number of hydrogen-bond donors (Lipinski definition) is 2. The zero-order valence-corrected chi connectivity index (χ0v) is 20.9. The van der Waals surface area contributed by atoms with Gasteiger partial charge < -0.3 is 10.0 Å². The number of H-pyrrole nitrogens is 1. The minimum Gasteiger partial charge on any atom is -0.480 e. The lowest BCUT2D eigenvalue weighted by Crippen LogP contribution is -2.47. The molecule has 0 aliphatic carbocycles. The number of benzene rings is 2. The van der Waals surface area contributed by atoms with E-state index in [9.17, 15) is 14.7 Å². The molecule has 0 saturated carbocycles. The highest BCUT2D eigenvalue weighted by Crippen LogP contribution is 2.30. The molecule has 2 N–H and O–H groups in total. The Morgan fingerprint density at radius 1 is 1.17 bits per heavy atom. The van der Waals surface area contributed by atoms with Gasteiger partial charge in [-0.2, -0.15) is 10.5 Å². The monoisotopic (exact) mass is 488 g/mol. The summed E-state index contributed by atoms with van der Waals surface area (Å²) in [7, 11) is 0. The third-order valence-electron chi connectivity index (χ3n) is 5.51. The van der Waals surface area contributed by atoms with Gasteiger partial charge in [-0.25, -0.2) is 4.79 Å². The number of hydrogen-bond acceptors (Lipinski definition) is 6. The summed E-state index contributed by atoms with van der Waals surface area (Å²) >= 11 is 0. The number of aliphatic carboxylic acids is 1. The first-order chi connectivity index (χ1) is 17.3. The van der Waals surface area contributed by atoms with E-state index >= 15 is 0 Å². The fourth-order valence-corrected chi connectivity index (χ4v) is 3.78. The minimum atomic E-state index is -0.976. The van der Waals surface area contributed by atoms with Gasteiger partial charge in [0, 0.05) is 24.6 Å². The van der Waals surface area contributed by atoms with Crippen LogP contribution in [0.3, 0.4) is 0 Å². The average Bonchev–Trinajstić information content (AvgIpc) is 3.42. The summed E-state index contributed by atoms with van der Waals surface area (Å²) in [6, 6.07) is 16.4. The van der Waals surface area contributed by atoms with Crippen LogP contribution in [0.25, 0.3) is 22.5 Å². The van der Waals surface area contributed by atoms with Gasteiger partial charge in [-0.3, -0.25) is 4.79 Å². The highest BCUT2D eigenvalue weighted by Gasteiger charge is 2.32. The molecule has 0 spiro atoms. The second-order valence-corrected chi connectivity index (χ2v) is 8.46. The van der Waals surface area contributed by atoms with Gasteiger partial charge in [-0.1, -0.05) is 82.3 Å². The van der Waals surface area contributed by atoms with Crippen molar-refractivity contribution in [3.05, 3.63) is 66.7 Å². The number of amides is 1. The highest BCUT2D eigenvalue weighted by atomic mass is 16.4. The first kappa shape index (κ1) is 27.9. The molecule has 0 radical (unpaired) electrons. The quantitative estimate of drug-likeness (QED) is 0.389. The molecular formula is C27H32N6O3. The first-order valence-electron chi connectivity index (χ1n) is 11.8. The van der Waals surface area contributed by atoms with Crippen molar-refractivity contribution in [1.82, 2.24) is 25.5 Å². The summed E-state index contributed by atoms with van der Waals surface area (Å²) in [5.41, 5.74) is 3.66. The molecule has 1 amide bonds. The van der Waals surface area contributed by atoms with E-state index in [-0.39, 0.29) is 18.4 Å². The maximum Gasteiger partial charge on any atom is 0.326 e. The smallest absolute Gasteiger partial charge is 0.326 e. The van der Waals surface area contributed by atoms with Crippen LogP contribution in [-0.4, -0.2) is 48.5 Å². The predicted molar refractivity (Wildman–Crippen MR) is 137 cm³/mol. The summed E-state index contributed by atoms with van der Waals surface area (Å²) in [4.78, 5) is 26.3. The van der Waals surface area contributed by atoms with Gasteiger partial charge in [-0.05, 0) is 34.2 Å². The number of carbonyl (C=O) groups is 2. The lowest BCUT2D eigenvalue weighted by molar-refractivity contribution is -0.153. The number of unbranched alkanes of at least 4 members (excludes halogenated alkanes) is 1. The Hall–Kier alpha value is -4.32. The number of nitrogens with one attached hydrogen (secondary N) is 1. The van der Waals surface area contributed by atoms with Crippen molar-refractivity contribution in [3.8, 4) is 28.6 Å². The average molecular weight is 489 g/mol. The zero-order valence-electron chi connectivity index (χ0n) is 20.9. The lowest BCUT2D eigenvalue weighted by Gasteiger charge is -2.32. The van der Waals surface area contributed by atoms with Gasteiger partial charge in [-0.15, -0.1) is 10.2 Å². The van der Waals surface area contributed by atoms with E-state index in [2.05, 4.69) is 27.2 Å². The van der Waals surface area contributed by atoms with Crippen molar-refractivity contribution in [2.45, 2.75) is 52.6 Å². The summed E-state index contributed by atoms with van der Waals surface area (Å²) < 4.78 is 0. The summed E-state index contributed by atoms with van der Waals surface area (Å²) in [6.07, 6.45) is 3.15. The van der Waals surface area contributed by atoms with Crippen molar-refractivity contribution in [2.24, 2.45) is 5.92 Å². The number of carboxylic acid groups (broad SMARTS) is 1. The Bertz CT molecular complexity index is 1170. The Balaban J connectivity index is 0.00000106. The molecule has 3 rings (SSSR count). The van der Waals surface area contributed by atoms with E-state index in [0.29, 0.717) is 12.2 Å². The number of nitrogens with zero attached hydrogens (tertiary/aromatic N) is 5. The SMILES string of the molecule is C=CC#N.CCCCC(=O)N(Cc1ccc(-c2ccccc2-c2nn[nH]n2)cc1)C(C(=O)O)C(C)C. The van der Waals surface area contributed by atoms with Gasteiger partial charge >= 0.3 is 5.97 Å². The van der Waals surface area contributed by atoms with E-state index in [1.807, 2.05) is 69.3 Å². The second kappa shape index (κ2) is 14.2. The van der Waals surface area contributed by atoms with Crippen LogP contribution in [0, 0.1) is 17.2 Å². The molecule has 0 saturated heterocycles. The number of rotatable bonds is 10. The summed E-state index contributed by atoms with van der Waals surface area (Å²) in [5, 5.41) is 31.5. The molecule has 1 heterocycles. The molecular weight excluding hydrogens is 456 g/mol. The van der Waals surface area contributed by atoms with Crippen LogP contribution in [0.5, 0.6) is 0 Å². The number of carboxylic acids is 1. The molecule has 9 nitrogen and oxygen atoms in total. The van der Waals surface area contributed by atoms with Crippen LogP contribution in [0.4, 0.5) is 0 Å². The van der Waals surface area contributed by atoms with Crippen LogP contribution < -0.4 is 0 Å². The number of aromatic amines is 1. The van der Waals surface area contributed by atoms with E-state index in [1.165, 1.54) is 11.0 Å². The Morgan fingerprint density at radius 2 is 1.81 bits per heavy atom. The van der Waals surface area contributed by atoms with Gasteiger partial charge in [0.25, 0.3) is 0 Å². The fourth-order valence-electron chi connectivity index (χ4n) is 3.78. The molecule has 1 unspecified atom stereocenters. The molecule has 188 valence electrons. The molecule has 9 heteroatoms. The maximum atomic E-state index is 12.9. The second-order valence-electron chi connectivity index (χ2n) is 8.46. The minimum absolute atomic E-state index is 0.125. The number of nitriles is 1. The highest BCUT2D eigenvalue weighted by molar-refractivity contribution is 5.84. The number of allylic oxidation sites excluding steroid dienone is 1. The van der Waals surface area contributed by atoms with Gasteiger partial charge in [0.2, 0.25) is 11.7 Å². The van der Waals surface area contributed by atoms with E-state index in [1.54, 1.807) is 6.07 Å². The third kappa shape index (κ3) is 7.60. The zero-order chi connectivity index (χ0) is 26.5. The standard InChI is InChI=1S/C24H29N5O3.C3H3N/c1-4-5-10-21(30)29(22(16(2)3)24(31)32)15-17-11-13-18(14-12-17)19-8-6-7-9-20(19)23-25-27-28-26-23;1-2-3-4/h6-9,11-14,16,22H,4-5,10,15H2,1-3H3,(H,31,32)(H,25,26,27,28);2H,1H2. The molecule has 0 aliphatic heterocycles. The van der Waals surface area contributed by atoms with E-state index in [4.69, 9.17) is 5.26 Å². The number of aromatic nitrogens is 4. The topological polar surface area (TPSA) is 136 Å². The molecule has 3 aromatic rings. The normalized spacial score (nSPS) is 11.1. The molecule has 1 aromatic heterocycles. The third-order valence-corrected chi connectivity index (χ3v) is 5.51. The fraction of sp³-hybridized carbons (Fsp3) is 0.333. The van der Waals surface area contributed by atoms with E-state index < -0.39 is 12.0 Å². The van der Waals surface area contributed by atoms with Crippen molar-refractivity contribution in [1.29, 1.82) is 5.26 Å². The van der Waals surface area contributed by atoms with Crippen LogP contribution in [-0.2, 0) is 16.1 Å². The van der Waals surface area contributed by atoms with Gasteiger partial charge in [0.1, 0.15) is 6.04 Å². The molecule has 0 fully saturated rings. The van der Waals surface area contributed by atoms with Gasteiger partial charge in [0.15, 0.2) is 0 Å². The van der Waals surface area contributed by atoms with Crippen LogP contribution in [0.2, 0.25) is 0 Å². The molecule has 2 aromatic carbocycles. The van der Waals surface area contributed by atoms with Crippen LogP contribution in [0.1, 0.15) is 45.6 Å². The Kier molecular flexibility index (Phi) is 11.0. The lowest BCUT2D eigenvalue weighted by atomic mass is 9.97. The largest absolute Gasteiger partial charge is 0.480 e. The summed E-state index contributed by atoms with van der Waals surface area (Å²) in [5.74, 6) is -0.784. The first-order valence-corrected chi connectivity index (χ1v) is 11.8.